The first-order valence-electron chi connectivity index (χ1n) is 6.03. The van der Waals surface area contributed by atoms with Crippen LogP contribution in [0.15, 0.2) is 36.4 Å². The second kappa shape index (κ2) is 6.56. The SMILES string of the molecule is CC#CC(=O)NCc1cccc(-c2ccc(C#N)s2)c1. The summed E-state index contributed by atoms with van der Waals surface area (Å²) in [5, 5.41) is 11.6. The topological polar surface area (TPSA) is 52.9 Å². The van der Waals surface area contributed by atoms with Gasteiger partial charge in [0.2, 0.25) is 0 Å². The smallest absolute Gasteiger partial charge is 0.296 e. The van der Waals surface area contributed by atoms with Crippen LogP contribution in [0.1, 0.15) is 17.4 Å². The van der Waals surface area contributed by atoms with Crippen LogP contribution in [-0.4, -0.2) is 5.91 Å². The Balaban J connectivity index is 2.13. The fourth-order valence-corrected chi connectivity index (χ4v) is 2.53. The quantitative estimate of drug-likeness (QED) is 0.879. The van der Waals surface area contributed by atoms with Gasteiger partial charge in [0.15, 0.2) is 0 Å². The van der Waals surface area contributed by atoms with Crippen molar-refractivity contribution in [2.24, 2.45) is 0 Å². The van der Waals surface area contributed by atoms with Gasteiger partial charge in [0.05, 0.1) is 0 Å². The van der Waals surface area contributed by atoms with Crippen molar-refractivity contribution in [3.8, 4) is 28.4 Å². The van der Waals surface area contributed by atoms with Crippen LogP contribution in [0.25, 0.3) is 10.4 Å². The number of thiophene rings is 1. The molecule has 0 aliphatic heterocycles. The lowest BCUT2D eigenvalue weighted by molar-refractivity contribution is -0.115. The van der Waals surface area contributed by atoms with Gasteiger partial charge in [0, 0.05) is 11.4 Å². The number of carbonyl (C=O) groups is 1. The van der Waals surface area contributed by atoms with Crippen LogP contribution in [0, 0.1) is 23.2 Å². The van der Waals surface area contributed by atoms with E-state index < -0.39 is 0 Å². The minimum Gasteiger partial charge on any atom is -0.341 e. The maximum atomic E-state index is 11.3. The van der Waals surface area contributed by atoms with Gasteiger partial charge in [-0.15, -0.1) is 11.3 Å². The monoisotopic (exact) mass is 280 g/mol. The molecule has 1 N–H and O–H groups in total. The number of benzene rings is 1. The number of nitrogens with zero attached hydrogens (tertiary/aromatic N) is 1. The Hall–Kier alpha value is -2.56. The van der Waals surface area contributed by atoms with E-state index in [9.17, 15) is 4.79 Å². The van der Waals surface area contributed by atoms with E-state index in [0.717, 1.165) is 16.0 Å². The van der Waals surface area contributed by atoms with E-state index in [1.165, 1.54) is 11.3 Å². The number of nitrogens with one attached hydrogen (secondary N) is 1. The maximum absolute atomic E-state index is 11.3. The Morgan fingerprint density at radius 3 is 2.90 bits per heavy atom. The zero-order chi connectivity index (χ0) is 14.4. The zero-order valence-corrected chi connectivity index (χ0v) is 11.8. The molecule has 1 aromatic carbocycles. The maximum Gasteiger partial charge on any atom is 0.296 e. The first-order valence-corrected chi connectivity index (χ1v) is 6.84. The molecule has 0 saturated heterocycles. The van der Waals surface area contributed by atoms with Crippen molar-refractivity contribution >= 4 is 17.2 Å². The molecule has 0 unspecified atom stereocenters. The third kappa shape index (κ3) is 3.47. The summed E-state index contributed by atoms with van der Waals surface area (Å²) in [5.74, 6) is 4.72. The van der Waals surface area contributed by atoms with Crippen LogP contribution in [0.3, 0.4) is 0 Å². The van der Waals surface area contributed by atoms with E-state index in [2.05, 4.69) is 23.2 Å². The summed E-state index contributed by atoms with van der Waals surface area (Å²) in [6.45, 7) is 2.07. The van der Waals surface area contributed by atoms with Crippen LogP contribution in [0.4, 0.5) is 0 Å². The summed E-state index contributed by atoms with van der Waals surface area (Å²) >= 11 is 1.46. The Morgan fingerprint density at radius 1 is 1.35 bits per heavy atom. The Morgan fingerprint density at radius 2 is 2.20 bits per heavy atom. The fraction of sp³-hybridized carbons (Fsp3) is 0.125. The Labute approximate surface area is 121 Å². The second-order valence-electron chi connectivity index (χ2n) is 4.03. The molecule has 0 radical (unpaired) electrons. The summed E-state index contributed by atoms with van der Waals surface area (Å²) < 4.78 is 0. The van der Waals surface area contributed by atoms with Crippen molar-refractivity contribution < 1.29 is 4.79 Å². The number of hydrogen-bond donors (Lipinski definition) is 1. The summed E-state index contributed by atoms with van der Waals surface area (Å²) in [7, 11) is 0. The second-order valence-corrected chi connectivity index (χ2v) is 5.12. The van der Waals surface area contributed by atoms with E-state index in [0.29, 0.717) is 11.4 Å². The molecule has 0 fully saturated rings. The van der Waals surface area contributed by atoms with Gasteiger partial charge >= 0.3 is 0 Å². The standard InChI is InChI=1S/C16H12N2OS/c1-2-4-16(19)18-11-12-5-3-6-13(9-12)15-8-7-14(10-17)20-15/h3,5-9H,11H2,1H3,(H,18,19). The van der Waals surface area contributed by atoms with Crippen LogP contribution in [0.2, 0.25) is 0 Å². The third-order valence-corrected chi connectivity index (χ3v) is 3.66. The molecule has 3 nitrogen and oxygen atoms in total. The Kier molecular flexibility index (Phi) is 4.55. The lowest BCUT2D eigenvalue weighted by atomic mass is 10.1. The number of rotatable bonds is 3. The molecular formula is C16H12N2OS. The third-order valence-electron chi connectivity index (χ3n) is 2.62. The molecule has 98 valence electrons. The molecule has 0 atom stereocenters. The first-order chi connectivity index (χ1) is 9.72. The highest BCUT2D eigenvalue weighted by Crippen LogP contribution is 2.28. The number of hydrogen-bond acceptors (Lipinski definition) is 3. The molecule has 2 rings (SSSR count). The van der Waals surface area contributed by atoms with Gasteiger partial charge < -0.3 is 5.32 Å². The molecule has 0 aliphatic rings. The highest BCUT2D eigenvalue weighted by molar-refractivity contribution is 7.16. The van der Waals surface area contributed by atoms with E-state index in [4.69, 9.17) is 5.26 Å². The molecule has 0 bridgehead atoms. The molecule has 2 aromatic rings. The molecule has 1 aromatic heterocycles. The predicted octanol–water partition coefficient (Wildman–Crippen LogP) is 2.93. The van der Waals surface area contributed by atoms with E-state index in [-0.39, 0.29) is 5.91 Å². The molecule has 0 aliphatic carbocycles. The van der Waals surface area contributed by atoms with Crippen molar-refractivity contribution in [2.75, 3.05) is 0 Å². The molecule has 1 heterocycles. The molecule has 4 heteroatoms. The molecule has 0 spiro atoms. The molecule has 20 heavy (non-hydrogen) atoms. The minimum absolute atomic E-state index is 0.277. The lowest BCUT2D eigenvalue weighted by Gasteiger charge is -2.04. The van der Waals surface area contributed by atoms with Gasteiger partial charge in [-0.2, -0.15) is 5.26 Å². The van der Waals surface area contributed by atoms with Crippen LogP contribution >= 0.6 is 11.3 Å². The fourth-order valence-electron chi connectivity index (χ4n) is 1.73. The van der Waals surface area contributed by atoms with Crippen molar-refractivity contribution in [2.45, 2.75) is 13.5 Å². The lowest BCUT2D eigenvalue weighted by Crippen LogP contribution is -2.20. The summed E-state index contributed by atoms with van der Waals surface area (Å²) in [5.41, 5.74) is 2.05. The normalized spacial score (nSPS) is 9.20. The van der Waals surface area contributed by atoms with Gasteiger partial charge in [0.25, 0.3) is 5.91 Å². The van der Waals surface area contributed by atoms with Crippen LogP contribution in [0.5, 0.6) is 0 Å². The number of amides is 1. The van der Waals surface area contributed by atoms with Gasteiger partial charge in [-0.3, -0.25) is 4.79 Å². The van der Waals surface area contributed by atoms with Gasteiger partial charge in [-0.1, -0.05) is 24.1 Å². The van der Waals surface area contributed by atoms with Crippen molar-refractivity contribution in [3.05, 3.63) is 46.8 Å². The average Bonchev–Trinajstić information content (AvgIpc) is 2.95. The Bertz CT molecular complexity index is 729. The van der Waals surface area contributed by atoms with Crippen LogP contribution in [-0.2, 0) is 11.3 Å². The van der Waals surface area contributed by atoms with Gasteiger partial charge in [-0.05, 0) is 42.2 Å². The van der Waals surface area contributed by atoms with Gasteiger partial charge in [-0.25, -0.2) is 0 Å². The highest BCUT2D eigenvalue weighted by Gasteiger charge is 2.04. The van der Waals surface area contributed by atoms with Crippen molar-refractivity contribution in [1.82, 2.24) is 5.32 Å². The predicted molar refractivity (Wildman–Crippen MR) is 79.8 cm³/mol. The summed E-state index contributed by atoms with van der Waals surface area (Å²) in [4.78, 5) is 13.0. The number of carbonyl (C=O) groups excluding carboxylic acids is 1. The highest BCUT2D eigenvalue weighted by atomic mass is 32.1. The first kappa shape index (κ1) is 13.9. The summed E-state index contributed by atoms with van der Waals surface area (Å²) in [6.07, 6.45) is 0. The van der Waals surface area contributed by atoms with E-state index >= 15 is 0 Å². The van der Waals surface area contributed by atoms with Crippen LogP contribution < -0.4 is 5.32 Å². The average molecular weight is 280 g/mol. The van der Waals surface area contributed by atoms with Crippen molar-refractivity contribution in [3.63, 3.8) is 0 Å². The minimum atomic E-state index is -0.277. The molecule has 1 amide bonds. The van der Waals surface area contributed by atoms with E-state index in [1.807, 2.05) is 36.4 Å². The largest absolute Gasteiger partial charge is 0.341 e. The molecule has 0 saturated carbocycles. The van der Waals surface area contributed by atoms with Gasteiger partial charge in [0.1, 0.15) is 10.9 Å². The number of nitriles is 1. The van der Waals surface area contributed by atoms with Crippen molar-refractivity contribution in [1.29, 1.82) is 5.26 Å². The van der Waals surface area contributed by atoms with E-state index in [1.54, 1.807) is 6.92 Å². The zero-order valence-electron chi connectivity index (χ0n) is 10.9. The molecular weight excluding hydrogens is 268 g/mol. The summed E-state index contributed by atoms with van der Waals surface area (Å²) in [6, 6.07) is 13.8.